The van der Waals surface area contributed by atoms with Crippen LogP contribution in [0.4, 0.5) is 10.1 Å². The fraction of sp³-hybridized carbons (Fsp3) is 0.333. The minimum atomic E-state index is -0.370. The molecule has 1 atom stereocenters. The van der Waals surface area contributed by atoms with Crippen molar-refractivity contribution in [1.82, 2.24) is 20.1 Å². The van der Waals surface area contributed by atoms with Crippen LogP contribution in [0.3, 0.4) is 0 Å². The van der Waals surface area contributed by atoms with Gasteiger partial charge in [-0.15, -0.1) is 10.2 Å². The van der Waals surface area contributed by atoms with Crippen molar-refractivity contribution in [2.45, 2.75) is 38.9 Å². The molecule has 2 aromatic carbocycles. The standard InChI is InChI=1S/C24H28FN5O2S/c1-14(2)21(27-23(32)17-9-6-8-15(3)12-17)22-28-29-24(30(22)5)33-13-20(31)26-19-11-7-10-18(25)16(19)4/h6-12,14,21H,13H2,1-5H3,(H,26,31)(H,27,32)/t21-/m1/s1. The number of amides is 2. The van der Waals surface area contributed by atoms with Crippen molar-refractivity contribution < 1.29 is 14.0 Å². The van der Waals surface area contributed by atoms with E-state index in [0.717, 1.165) is 5.56 Å². The lowest BCUT2D eigenvalue weighted by Crippen LogP contribution is -2.33. The van der Waals surface area contributed by atoms with E-state index in [4.69, 9.17) is 0 Å². The van der Waals surface area contributed by atoms with Crippen LogP contribution in [-0.4, -0.2) is 32.3 Å². The minimum absolute atomic E-state index is 0.0683. The van der Waals surface area contributed by atoms with Crippen molar-refractivity contribution in [3.05, 3.63) is 70.8 Å². The Morgan fingerprint density at radius 2 is 1.85 bits per heavy atom. The molecule has 0 aliphatic heterocycles. The van der Waals surface area contributed by atoms with Gasteiger partial charge in [0.25, 0.3) is 5.91 Å². The summed E-state index contributed by atoms with van der Waals surface area (Å²) < 4.78 is 15.5. The molecule has 174 valence electrons. The lowest BCUT2D eigenvalue weighted by molar-refractivity contribution is -0.113. The number of aromatic nitrogens is 3. The third kappa shape index (κ3) is 5.98. The summed E-state index contributed by atoms with van der Waals surface area (Å²) in [5.74, 6) is -0.0606. The van der Waals surface area contributed by atoms with E-state index in [-0.39, 0.29) is 35.3 Å². The van der Waals surface area contributed by atoms with Gasteiger partial charge in [-0.3, -0.25) is 9.59 Å². The highest BCUT2D eigenvalue weighted by Crippen LogP contribution is 2.25. The van der Waals surface area contributed by atoms with Gasteiger partial charge in [0.1, 0.15) is 5.82 Å². The van der Waals surface area contributed by atoms with Crippen molar-refractivity contribution in [1.29, 1.82) is 0 Å². The molecule has 0 saturated carbocycles. The monoisotopic (exact) mass is 469 g/mol. The molecular formula is C24H28FN5O2S. The fourth-order valence-corrected chi connectivity index (χ4v) is 4.04. The molecular weight excluding hydrogens is 441 g/mol. The summed E-state index contributed by atoms with van der Waals surface area (Å²) in [6.07, 6.45) is 0. The Morgan fingerprint density at radius 3 is 2.55 bits per heavy atom. The van der Waals surface area contributed by atoms with Crippen molar-refractivity contribution in [2.75, 3.05) is 11.1 Å². The third-order valence-corrected chi connectivity index (χ3v) is 6.27. The van der Waals surface area contributed by atoms with E-state index < -0.39 is 0 Å². The summed E-state index contributed by atoms with van der Waals surface area (Å²) >= 11 is 1.22. The van der Waals surface area contributed by atoms with Crippen LogP contribution < -0.4 is 10.6 Å². The number of nitrogens with one attached hydrogen (secondary N) is 2. The van der Waals surface area contributed by atoms with Crippen LogP contribution in [0.25, 0.3) is 0 Å². The van der Waals surface area contributed by atoms with Crippen LogP contribution in [0.2, 0.25) is 0 Å². The van der Waals surface area contributed by atoms with Gasteiger partial charge in [-0.05, 0) is 44.0 Å². The Balaban J connectivity index is 1.68. The van der Waals surface area contributed by atoms with Crippen molar-refractivity contribution in [2.24, 2.45) is 13.0 Å². The summed E-state index contributed by atoms with van der Waals surface area (Å²) in [5, 5.41) is 14.8. The second kappa shape index (κ2) is 10.6. The number of thioether (sulfide) groups is 1. The van der Waals surface area contributed by atoms with E-state index in [1.54, 1.807) is 36.7 Å². The first kappa shape index (κ1) is 24.4. The number of nitrogens with zero attached hydrogens (tertiary/aromatic N) is 3. The summed E-state index contributed by atoms with van der Waals surface area (Å²) in [5.41, 5.74) is 2.42. The van der Waals surface area contributed by atoms with Gasteiger partial charge in [-0.1, -0.05) is 49.4 Å². The van der Waals surface area contributed by atoms with Gasteiger partial charge in [0, 0.05) is 23.9 Å². The summed E-state index contributed by atoms with van der Waals surface area (Å²) in [7, 11) is 1.81. The molecule has 3 rings (SSSR count). The second-order valence-electron chi connectivity index (χ2n) is 8.21. The van der Waals surface area contributed by atoms with Crippen LogP contribution in [0, 0.1) is 25.6 Å². The second-order valence-corrected chi connectivity index (χ2v) is 9.16. The van der Waals surface area contributed by atoms with Gasteiger partial charge in [-0.25, -0.2) is 4.39 Å². The molecule has 3 aromatic rings. The van der Waals surface area contributed by atoms with Crippen LogP contribution in [0.5, 0.6) is 0 Å². The molecule has 2 N–H and O–H groups in total. The molecule has 0 saturated heterocycles. The maximum Gasteiger partial charge on any atom is 0.251 e. The highest BCUT2D eigenvalue weighted by atomic mass is 32.2. The van der Waals surface area contributed by atoms with E-state index in [1.165, 1.54) is 17.8 Å². The molecule has 0 bridgehead atoms. The van der Waals surface area contributed by atoms with E-state index in [2.05, 4.69) is 20.8 Å². The number of halogens is 1. The Hall–Kier alpha value is -3.20. The summed E-state index contributed by atoms with van der Waals surface area (Å²) in [6, 6.07) is 11.6. The summed E-state index contributed by atoms with van der Waals surface area (Å²) in [6.45, 7) is 7.55. The summed E-state index contributed by atoms with van der Waals surface area (Å²) in [4.78, 5) is 25.2. The largest absolute Gasteiger partial charge is 0.342 e. The number of benzene rings is 2. The molecule has 1 aromatic heterocycles. The van der Waals surface area contributed by atoms with E-state index in [0.29, 0.717) is 27.8 Å². The van der Waals surface area contributed by atoms with Crippen molar-refractivity contribution in [3.8, 4) is 0 Å². The Bertz CT molecular complexity index is 1160. The maximum atomic E-state index is 13.7. The predicted molar refractivity (Wildman–Crippen MR) is 128 cm³/mol. The van der Waals surface area contributed by atoms with Crippen molar-refractivity contribution >= 4 is 29.3 Å². The minimum Gasteiger partial charge on any atom is -0.342 e. The topological polar surface area (TPSA) is 88.9 Å². The molecule has 0 unspecified atom stereocenters. The number of anilines is 1. The molecule has 0 spiro atoms. The predicted octanol–water partition coefficient (Wildman–Crippen LogP) is 4.43. The number of hydrogen-bond donors (Lipinski definition) is 2. The lowest BCUT2D eigenvalue weighted by Gasteiger charge is -2.21. The van der Waals surface area contributed by atoms with Gasteiger partial charge in [0.2, 0.25) is 5.91 Å². The zero-order chi connectivity index (χ0) is 24.1. The molecule has 7 nitrogen and oxygen atoms in total. The Kier molecular flexibility index (Phi) is 7.86. The Morgan fingerprint density at radius 1 is 1.12 bits per heavy atom. The number of aryl methyl sites for hydroxylation is 1. The SMILES string of the molecule is Cc1cccc(C(=O)N[C@@H](c2nnc(SCC(=O)Nc3cccc(F)c3C)n2C)C(C)C)c1. The number of carbonyl (C=O) groups excluding carboxylic acids is 2. The van der Waals surface area contributed by atoms with Crippen LogP contribution in [0.15, 0.2) is 47.6 Å². The Labute approximate surface area is 197 Å². The average molecular weight is 470 g/mol. The van der Waals surface area contributed by atoms with Gasteiger partial charge in [0.15, 0.2) is 11.0 Å². The first-order valence-electron chi connectivity index (χ1n) is 10.6. The zero-order valence-electron chi connectivity index (χ0n) is 19.3. The molecule has 9 heteroatoms. The number of carbonyl (C=O) groups is 2. The third-order valence-electron chi connectivity index (χ3n) is 5.25. The molecule has 0 aliphatic rings. The molecule has 0 aliphatic carbocycles. The van der Waals surface area contributed by atoms with Crippen molar-refractivity contribution in [3.63, 3.8) is 0 Å². The van der Waals surface area contributed by atoms with Gasteiger partial charge in [0.05, 0.1) is 11.8 Å². The smallest absolute Gasteiger partial charge is 0.251 e. The molecule has 1 heterocycles. The van der Waals surface area contributed by atoms with Crippen LogP contribution in [0.1, 0.15) is 47.2 Å². The first-order chi connectivity index (χ1) is 15.7. The molecule has 0 radical (unpaired) electrons. The lowest BCUT2D eigenvalue weighted by atomic mass is 10.0. The molecule has 0 fully saturated rings. The highest BCUT2D eigenvalue weighted by molar-refractivity contribution is 7.99. The number of hydrogen-bond acceptors (Lipinski definition) is 5. The normalized spacial score (nSPS) is 12.0. The van der Waals surface area contributed by atoms with Crippen LogP contribution in [-0.2, 0) is 11.8 Å². The van der Waals surface area contributed by atoms with E-state index in [1.807, 2.05) is 39.0 Å². The van der Waals surface area contributed by atoms with Crippen LogP contribution >= 0.6 is 11.8 Å². The van der Waals surface area contributed by atoms with Gasteiger partial charge in [-0.2, -0.15) is 0 Å². The quantitative estimate of drug-likeness (QED) is 0.477. The zero-order valence-corrected chi connectivity index (χ0v) is 20.2. The average Bonchev–Trinajstić information content (AvgIpc) is 3.13. The van der Waals surface area contributed by atoms with Gasteiger partial charge >= 0.3 is 0 Å². The van der Waals surface area contributed by atoms with E-state index in [9.17, 15) is 14.0 Å². The highest BCUT2D eigenvalue weighted by Gasteiger charge is 2.25. The van der Waals surface area contributed by atoms with E-state index >= 15 is 0 Å². The van der Waals surface area contributed by atoms with Gasteiger partial charge < -0.3 is 15.2 Å². The molecule has 33 heavy (non-hydrogen) atoms. The fourth-order valence-electron chi connectivity index (χ4n) is 3.32. The first-order valence-corrected chi connectivity index (χ1v) is 11.6. The maximum absolute atomic E-state index is 13.7. The molecule has 2 amide bonds. The number of rotatable bonds is 8.